The molecule has 0 fully saturated rings. The normalized spacial score (nSPS) is 10.3. The Balaban J connectivity index is 1.75. The summed E-state index contributed by atoms with van der Waals surface area (Å²) in [4.78, 5) is 0. The molecule has 4 aromatic carbocycles. The maximum Gasteiger partial charge on any atom is 0.266 e. The Morgan fingerprint density at radius 3 is 1.73 bits per heavy atom. The minimum atomic E-state index is 0.256. The molecule has 0 saturated carbocycles. The van der Waals surface area contributed by atoms with Crippen LogP contribution in [-0.2, 0) is 0 Å². The molecule has 4 aromatic rings. The molecule has 0 amide bonds. The standard InChI is InChI=1S/C26H21NO2S/c1-28-25-18-23(20-13-7-3-8-14-20)22(19-11-5-2-6-12-19)17-24(25)27-26(30)29-21-15-9-4-10-16-21/h2-18H,1H3,(H,27,30). The van der Waals surface area contributed by atoms with E-state index in [1.54, 1.807) is 7.11 Å². The lowest BCUT2D eigenvalue weighted by molar-refractivity contribution is 0.417. The average Bonchev–Trinajstić information content (AvgIpc) is 2.80. The van der Waals surface area contributed by atoms with Crippen molar-refractivity contribution in [2.45, 2.75) is 0 Å². The summed E-state index contributed by atoms with van der Waals surface area (Å²) in [6.45, 7) is 0. The zero-order valence-corrected chi connectivity index (χ0v) is 17.4. The van der Waals surface area contributed by atoms with Crippen molar-refractivity contribution in [1.82, 2.24) is 0 Å². The first-order chi connectivity index (χ1) is 14.7. The maximum absolute atomic E-state index is 5.74. The summed E-state index contributed by atoms with van der Waals surface area (Å²) in [5, 5.41) is 3.44. The van der Waals surface area contributed by atoms with E-state index in [1.165, 1.54) is 0 Å². The molecular weight excluding hydrogens is 390 g/mol. The fourth-order valence-corrected chi connectivity index (χ4v) is 3.50. The number of ether oxygens (including phenoxy) is 2. The number of methoxy groups -OCH3 is 1. The molecule has 3 nitrogen and oxygen atoms in total. The monoisotopic (exact) mass is 411 g/mol. The van der Waals surface area contributed by atoms with Gasteiger partial charge in [0.2, 0.25) is 0 Å². The Kier molecular flexibility index (Phi) is 6.06. The van der Waals surface area contributed by atoms with Crippen LogP contribution in [0.4, 0.5) is 5.69 Å². The second kappa shape index (κ2) is 9.25. The van der Waals surface area contributed by atoms with Gasteiger partial charge in [0.25, 0.3) is 5.17 Å². The van der Waals surface area contributed by atoms with Gasteiger partial charge in [0.05, 0.1) is 12.8 Å². The average molecular weight is 412 g/mol. The maximum atomic E-state index is 5.74. The van der Waals surface area contributed by atoms with Crippen LogP contribution in [0.5, 0.6) is 11.5 Å². The van der Waals surface area contributed by atoms with Crippen LogP contribution in [-0.4, -0.2) is 12.3 Å². The van der Waals surface area contributed by atoms with Crippen LogP contribution in [0.25, 0.3) is 22.3 Å². The summed E-state index contributed by atoms with van der Waals surface area (Å²) < 4.78 is 11.4. The number of para-hydroxylation sites is 1. The molecular formula is C26H21NO2S. The number of thiocarbonyl (C=S) groups is 1. The molecule has 0 heterocycles. The van der Waals surface area contributed by atoms with Crippen molar-refractivity contribution in [3.8, 4) is 33.8 Å². The van der Waals surface area contributed by atoms with Crippen molar-refractivity contribution >= 4 is 23.1 Å². The third kappa shape index (κ3) is 4.50. The van der Waals surface area contributed by atoms with Gasteiger partial charge in [-0.1, -0.05) is 78.9 Å². The van der Waals surface area contributed by atoms with Crippen LogP contribution in [0.1, 0.15) is 0 Å². The van der Waals surface area contributed by atoms with Gasteiger partial charge in [-0.3, -0.25) is 0 Å². The van der Waals surface area contributed by atoms with E-state index in [9.17, 15) is 0 Å². The van der Waals surface area contributed by atoms with Crippen LogP contribution >= 0.6 is 12.2 Å². The Morgan fingerprint density at radius 1 is 0.700 bits per heavy atom. The third-order valence-electron chi connectivity index (χ3n) is 4.70. The fraction of sp³-hybridized carbons (Fsp3) is 0.0385. The summed E-state index contributed by atoms with van der Waals surface area (Å²) in [7, 11) is 1.65. The van der Waals surface area contributed by atoms with Gasteiger partial charge in [0.1, 0.15) is 11.5 Å². The zero-order chi connectivity index (χ0) is 20.8. The molecule has 0 aliphatic carbocycles. The number of hydrogen-bond acceptors (Lipinski definition) is 3. The van der Waals surface area contributed by atoms with Gasteiger partial charge in [0.15, 0.2) is 0 Å². The van der Waals surface area contributed by atoms with Gasteiger partial charge in [-0.2, -0.15) is 0 Å². The van der Waals surface area contributed by atoms with Crippen molar-refractivity contribution in [3.63, 3.8) is 0 Å². The molecule has 0 aromatic heterocycles. The first-order valence-electron chi connectivity index (χ1n) is 9.61. The molecule has 30 heavy (non-hydrogen) atoms. The van der Waals surface area contributed by atoms with Gasteiger partial charge in [-0.25, -0.2) is 0 Å². The number of rotatable bonds is 5. The minimum absolute atomic E-state index is 0.256. The summed E-state index contributed by atoms with van der Waals surface area (Å²) in [5.74, 6) is 1.37. The number of hydrogen-bond donors (Lipinski definition) is 1. The lowest BCUT2D eigenvalue weighted by Gasteiger charge is -2.18. The predicted molar refractivity (Wildman–Crippen MR) is 127 cm³/mol. The molecule has 0 aliphatic rings. The fourth-order valence-electron chi connectivity index (χ4n) is 3.29. The number of benzene rings is 4. The summed E-state index contributed by atoms with van der Waals surface area (Å²) in [5.41, 5.74) is 5.13. The highest BCUT2D eigenvalue weighted by atomic mass is 32.1. The molecule has 1 N–H and O–H groups in total. The van der Waals surface area contributed by atoms with Gasteiger partial charge < -0.3 is 14.8 Å². The van der Waals surface area contributed by atoms with Crippen molar-refractivity contribution in [3.05, 3.63) is 103 Å². The van der Waals surface area contributed by atoms with E-state index in [1.807, 2.05) is 72.8 Å². The highest BCUT2D eigenvalue weighted by molar-refractivity contribution is 7.80. The molecule has 0 saturated heterocycles. The first kappa shape index (κ1) is 19.7. The highest BCUT2D eigenvalue weighted by Crippen LogP contribution is 2.39. The molecule has 0 spiro atoms. The van der Waals surface area contributed by atoms with E-state index in [-0.39, 0.29) is 5.17 Å². The van der Waals surface area contributed by atoms with Crippen LogP contribution in [0.15, 0.2) is 103 Å². The van der Waals surface area contributed by atoms with Gasteiger partial charge in [-0.15, -0.1) is 0 Å². The molecule has 0 radical (unpaired) electrons. The van der Waals surface area contributed by atoms with Gasteiger partial charge >= 0.3 is 0 Å². The Hall–Kier alpha value is -3.63. The highest BCUT2D eigenvalue weighted by Gasteiger charge is 2.15. The minimum Gasteiger partial charge on any atom is -0.495 e. The predicted octanol–water partition coefficient (Wildman–Crippen LogP) is 6.81. The Morgan fingerprint density at radius 2 is 1.20 bits per heavy atom. The van der Waals surface area contributed by atoms with Crippen LogP contribution in [0, 0.1) is 0 Å². The number of nitrogens with one attached hydrogen (secondary N) is 1. The molecule has 0 unspecified atom stereocenters. The molecule has 148 valence electrons. The van der Waals surface area contributed by atoms with E-state index < -0.39 is 0 Å². The SMILES string of the molecule is COc1cc(-c2ccccc2)c(-c2ccccc2)cc1NC(=S)Oc1ccccc1. The van der Waals surface area contributed by atoms with E-state index >= 15 is 0 Å². The van der Waals surface area contributed by atoms with E-state index in [0.29, 0.717) is 11.5 Å². The lowest BCUT2D eigenvalue weighted by Crippen LogP contribution is -2.17. The quantitative estimate of drug-likeness (QED) is 0.366. The largest absolute Gasteiger partial charge is 0.495 e. The van der Waals surface area contributed by atoms with Crippen molar-refractivity contribution in [2.24, 2.45) is 0 Å². The van der Waals surface area contributed by atoms with E-state index in [2.05, 4.69) is 35.6 Å². The summed E-state index contributed by atoms with van der Waals surface area (Å²) in [6.07, 6.45) is 0. The second-order valence-electron chi connectivity index (χ2n) is 6.66. The van der Waals surface area contributed by atoms with Crippen molar-refractivity contribution < 1.29 is 9.47 Å². The number of anilines is 1. The topological polar surface area (TPSA) is 30.5 Å². The Labute approximate surface area is 181 Å². The van der Waals surface area contributed by atoms with E-state index in [4.69, 9.17) is 21.7 Å². The van der Waals surface area contributed by atoms with Crippen molar-refractivity contribution in [1.29, 1.82) is 0 Å². The Bertz CT molecular complexity index is 1130. The molecule has 0 bridgehead atoms. The van der Waals surface area contributed by atoms with Crippen LogP contribution < -0.4 is 14.8 Å². The lowest BCUT2D eigenvalue weighted by atomic mass is 9.93. The second-order valence-corrected chi connectivity index (χ2v) is 7.03. The van der Waals surface area contributed by atoms with Crippen LogP contribution in [0.3, 0.4) is 0 Å². The molecule has 0 aliphatic heterocycles. The summed E-state index contributed by atoms with van der Waals surface area (Å²) in [6, 6.07) is 34.1. The molecule has 4 rings (SSSR count). The summed E-state index contributed by atoms with van der Waals surface area (Å²) >= 11 is 5.42. The smallest absolute Gasteiger partial charge is 0.266 e. The molecule has 4 heteroatoms. The molecule has 0 atom stereocenters. The third-order valence-corrected chi connectivity index (χ3v) is 4.89. The van der Waals surface area contributed by atoms with E-state index in [0.717, 1.165) is 27.9 Å². The first-order valence-corrected chi connectivity index (χ1v) is 10.0. The zero-order valence-electron chi connectivity index (χ0n) is 16.5. The van der Waals surface area contributed by atoms with Gasteiger partial charge in [-0.05, 0) is 58.7 Å². The van der Waals surface area contributed by atoms with Crippen molar-refractivity contribution in [2.75, 3.05) is 12.4 Å². The van der Waals surface area contributed by atoms with Gasteiger partial charge in [0, 0.05) is 0 Å². The van der Waals surface area contributed by atoms with Crippen LogP contribution in [0.2, 0.25) is 0 Å².